The van der Waals surface area contributed by atoms with E-state index in [2.05, 4.69) is 17.0 Å². The summed E-state index contributed by atoms with van der Waals surface area (Å²) >= 11 is 0. The molecule has 4 nitrogen and oxygen atoms in total. The highest BCUT2D eigenvalue weighted by molar-refractivity contribution is 5.93. The number of nitrogens with zero attached hydrogens (tertiary/aromatic N) is 1. The second-order valence-electron chi connectivity index (χ2n) is 9.64. The summed E-state index contributed by atoms with van der Waals surface area (Å²) in [7, 11) is 0. The van der Waals surface area contributed by atoms with E-state index in [9.17, 15) is 14.4 Å². The zero-order chi connectivity index (χ0) is 23.6. The topological polar surface area (TPSA) is 54.5 Å². The number of aldehydes is 1. The molecular weight excluding hydrogens is 410 g/mol. The van der Waals surface area contributed by atoms with Crippen molar-refractivity contribution in [2.75, 3.05) is 11.4 Å². The highest BCUT2D eigenvalue weighted by Gasteiger charge is 2.29. The maximum atomic E-state index is 13.1. The lowest BCUT2D eigenvalue weighted by atomic mass is 9.83. The average molecular weight is 448 g/mol. The number of hydrogen-bond acceptors (Lipinski definition) is 4. The number of ketones is 2. The van der Waals surface area contributed by atoms with E-state index in [0.717, 1.165) is 30.4 Å². The number of Topliss-reactive ketones (excluding diaryl/α,β-unsaturated/α-hetero) is 2. The predicted molar refractivity (Wildman–Crippen MR) is 133 cm³/mol. The molecule has 176 valence electrons. The smallest absolute Gasteiger partial charge is 0.143 e. The van der Waals surface area contributed by atoms with E-state index in [0.29, 0.717) is 12.6 Å². The van der Waals surface area contributed by atoms with Crippen molar-refractivity contribution in [2.24, 2.45) is 11.8 Å². The molecule has 0 bridgehead atoms. The molecule has 33 heavy (non-hydrogen) atoms. The van der Waals surface area contributed by atoms with Crippen molar-refractivity contribution < 1.29 is 14.4 Å². The van der Waals surface area contributed by atoms with Crippen LogP contribution in [0.25, 0.3) is 0 Å². The van der Waals surface area contributed by atoms with Crippen LogP contribution in [-0.4, -0.2) is 30.4 Å². The minimum Gasteiger partial charge on any atom is -0.368 e. The van der Waals surface area contributed by atoms with Gasteiger partial charge in [-0.3, -0.25) is 9.59 Å². The Morgan fingerprint density at radius 3 is 2.09 bits per heavy atom. The molecule has 1 aliphatic carbocycles. The third-order valence-electron chi connectivity index (χ3n) is 6.76. The number of rotatable bonds is 12. The van der Waals surface area contributed by atoms with Crippen LogP contribution in [0.5, 0.6) is 0 Å². The lowest BCUT2D eigenvalue weighted by molar-refractivity contribution is -0.128. The molecule has 0 spiro atoms. The van der Waals surface area contributed by atoms with Gasteiger partial charge >= 0.3 is 0 Å². The van der Waals surface area contributed by atoms with Crippen LogP contribution >= 0.6 is 0 Å². The van der Waals surface area contributed by atoms with Crippen molar-refractivity contribution >= 4 is 23.5 Å². The van der Waals surface area contributed by atoms with E-state index in [4.69, 9.17) is 0 Å². The van der Waals surface area contributed by atoms with Gasteiger partial charge in [-0.2, -0.15) is 0 Å². The first-order valence-electron chi connectivity index (χ1n) is 12.4. The number of carbonyl (C=O) groups is 3. The Bertz CT molecular complexity index is 888. The summed E-state index contributed by atoms with van der Waals surface area (Å²) < 4.78 is 0. The van der Waals surface area contributed by atoms with Gasteiger partial charge in [0.15, 0.2) is 0 Å². The molecule has 0 saturated heterocycles. The molecule has 1 saturated carbocycles. The summed E-state index contributed by atoms with van der Waals surface area (Å²) in [4.78, 5) is 40.3. The quantitative estimate of drug-likeness (QED) is 0.375. The fourth-order valence-corrected chi connectivity index (χ4v) is 4.96. The van der Waals surface area contributed by atoms with Gasteiger partial charge in [0.1, 0.15) is 17.9 Å². The van der Waals surface area contributed by atoms with E-state index in [1.165, 1.54) is 19.3 Å². The molecule has 1 fully saturated rings. The molecule has 0 heterocycles. The number of benzene rings is 2. The Balaban J connectivity index is 1.71. The van der Waals surface area contributed by atoms with Crippen LogP contribution in [0.1, 0.15) is 70.3 Å². The number of anilines is 1. The molecule has 4 heteroatoms. The predicted octanol–water partition coefficient (Wildman–Crippen LogP) is 6.00. The minimum atomic E-state index is -0.449. The third-order valence-corrected chi connectivity index (χ3v) is 6.76. The van der Waals surface area contributed by atoms with Crippen LogP contribution in [0.4, 0.5) is 5.69 Å². The van der Waals surface area contributed by atoms with Crippen LogP contribution in [0, 0.1) is 11.8 Å². The van der Waals surface area contributed by atoms with E-state index in [1.807, 2.05) is 62.4 Å². The first-order chi connectivity index (χ1) is 16.0. The van der Waals surface area contributed by atoms with Crippen LogP contribution < -0.4 is 4.90 Å². The Hall–Kier alpha value is -2.75. The van der Waals surface area contributed by atoms with Gasteiger partial charge in [-0.1, -0.05) is 81.6 Å². The van der Waals surface area contributed by atoms with Crippen LogP contribution in [-0.2, 0) is 14.4 Å². The average Bonchev–Trinajstić information content (AvgIpc) is 2.86. The fourth-order valence-electron chi connectivity index (χ4n) is 4.96. The fraction of sp³-hybridized carbons (Fsp3) is 0.483. The van der Waals surface area contributed by atoms with E-state index in [-0.39, 0.29) is 36.2 Å². The van der Waals surface area contributed by atoms with Gasteiger partial charge in [-0.15, -0.1) is 0 Å². The lowest BCUT2D eigenvalue weighted by Gasteiger charge is -2.37. The van der Waals surface area contributed by atoms with E-state index < -0.39 is 5.92 Å². The molecule has 0 aromatic heterocycles. The van der Waals surface area contributed by atoms with Crippen molar-refractivity contribution in [1.29, 1.82) is 0 Å². The second kappa shape index (κ2) is 12.5. The first kappa shape index (κ1) is 24.9. The summed E-state index contributed by atoms with van der Waals surface area (Å²) in [6.45, 7) is 4.29. The van der Waals surface area contributed by atoms with Gasteiger partial charge < -0.3 is 9.69 Å². The highest BCUT2D eigenvalue weighted by atomic mass is 16.1. The van der Waals surface area contributed by atoms with Crippen molar-refractivity contribution in [2.45, 2.75) is 70.8 Å². The Morgan fingerprint density at radius 1 is 0.909 bits per heavy atom. The Kier molecular flexibility index (Phi) is 9.41. The summed E-state index contributed by atoms with van der Waals surface area (Å²) in [5.41, 5.74) is 1.99. The molecule has 2 aromatic carbocycles. The maximum Gasteiger partial charge on any atom is 0.143 e. The largest absolute Gasteiger partial charge is 0.368 e. The second-order valence-corrected chi connectivity index (χ2v) is 9.64. The molecule has 3 rings (SSSR count). The SMILES string of the molecule is CC(C)C(=O)C(CC(=O)C[C@@H](C=O)CN(c1ccccc1)C1CCCCC1)c1ccccc1. The normalized spacial score (nSPS) is 16.2. The summed E-state index contributed by atoms with van der Waals surface area (Å²) in [5, 5.41) is 0. The van der Waals surface area contributed by atoms with Gasteiger partial charge in [0.2, 0.25) is 0 Å². The Morgan fingerprint density at radius 2 is 1.52 bits per heavy atom. The van der Waals surface area contributed by atoms with Crippen LogP contribution in [0.2, 0.25) is 0 Å². The molecule has 1 aliphatic rings. The lowest BCUT2D eigenvalue weighted by Crippen LogP contribution is -2.41. The van der Waals surface area contributed by atoms with Crippen LogP contribution in [0.3, 0.4) is 0 Å². The molecular formula is C29H37NO3. The molecule has 0 amide bonds. The van der Waals surface area contributed by atoms with Crippen molar-refractivity contribution in [3.05, 3.63) is 66.2 Å². The number of para-hydroxylation sites is 1. The zero-order valence-electron chi connectivity index (χ0n) is 20.0. The van der Waals surface area contributed by atoms with Gasteiger partial charge in [0, 0.05) is 48.9 Å². The van der Waals surface area contributed by atoms with Crippen molar-refractivity contribution in [3.63, 3.8) is 0 Å². The van der Waals surface area contributed by atoms with Gasteiger partial charge in [-0.25, -0.2) is 0 Å². The van der Waals surface area contributed by atoms with E-state index in [1.54, 1.807) is 0 Å². The minimum absolute atomic E-state index is 0.0217. The maximum absolute atomic E-state index is 13.1. The summed E-state index contributed by atoms with van der Waals surface area (Å²) in [6, 6.07) is 20.2. The zero-order valence-corrected chi connectivity index (χ0v) is 20.0. The number of carbonyl (C=O) groups excluding carboxylic acids is 3. The molecule has 2 atom stereocenters. The Labute approximate surface area is 198 Å². The monoisotopic (exact) mass is 447 g/mol. The van der Waals surface area contributed by atoms with Gasteiger partial charge in [-0.05, 0) is 30.5 Å². The third kappa shape index (κ3) is 7.12. The highest BCUT2D eigenvalue weighted by Crippen LogP contribution is 2.29. The molecule has 0 aliphatic heterocycles. The summed E-state index contributed by atoms with van der Waals surface area (Å²) in [5.74, 6) is -0.929. The molecule has 1 unspecified atom stereocenters. The van der Waals surface area contributed by atoms with E-state index >= 15 is 0 Å². The summed E-state index contributed by atoms with van der Waals surface area (Å²) in [6.07, 6.45) is 7.16. The molecule has 0 radical (unpaired) electrons. The van der Waals surface area contributed by atoms with Crippen molar-refractivity contribution in [3.8, 4) is 0 Å². The number of hydrogen-bond donors (Lipinski definition) is 0. The van der Waals surface area contributed by atoms with Gasteiger partial charge in [0.25, 0.3) is 0 Å². The standard InChI is InChI=1S/C29H37NO3/c1-22(2)29(33)28(24-12-6-3-7-13-24)19-27(32)18-23(21-31)20-30(25-14-8-4-9-15-25)26-16-10-5-11-17-26/h3-4,6-9,12-15,21-23,26,28H,5,10-11,16-20H2,1-2H3/t23-,28?/m1/s1. The van der Waals surface area contributed by atoms with Gasteiger partial charge in [0.05, 0.1) is 0 Å². The first-order valence-corrected chi connectivity index (χ1v) is 12.4. The van der Waals surface area contributed by atoms with Crippen molar-refractivity contribution in [1.82, 2.24) is 0 Å². The molecule has 0 N–H and O–H groups in total. The van der Waals surface area contributed by atoms with Crippen LogP contribution in [0.15, 0.2) is 60.7 Å². The molecule has 2 aromatic rings.